The predicted octanol–water partition coefficient (Wildman–Crippen LogP) is 2.61. The molecule has 1 saturated heterocycles. The maximum atomic E-state index is 13.3. The van der Waals surface area contributed by atoms with Gasteiger partial charge in [0.1, 0.15) is 0 Å². The monoisotopic (exact) mass is 412 g/mol. The Morgan fingerprint density at radius 2 is 1.83 bits per heavy atom. The van der Waals surface area contributed by atoms with Crippen LogP contribution in [0.3, 0.4) is 0 Å². The summed E-state index contributed by atoms with van der Waals surface area (Å²) >= 11 is 0. The molecule has 1 aliphatic heterocycles. The summed E-state index contributed by atoms with van der Waals surface area (Å²) in [5.74, 6) is 2.44. The lowest BCUT2D eigenvalue weighted by molar-refractivity contribution is -0.136. The fraction of sp³-hybridized carbons (Fsp3) is 0.783. The van der Waals surface area contributed by atoms with Gasteiger partial charge in [0.05, 0.1) is 16.9 Å². The largest absolute Gasteiger partial charge is 0.390 e. The first-order valence-corrected chi connectivity index (χ1v) is 11.8. The highest BCUT2D eigenvalue weighted by Crippen LogP contribution is 2.55. The number of nitrogens with zero attached hydrogens (tertiary/aromatic N) is 2. The van der Waals surface area contributed by atoms with Crippen LogP contribution in [0.1, 0.15) is 79.8 Å². The number of ether oxygens (including phenoxy) is 1. The minimum Gasteiger partial charge on any atom is -0.390 e. The van der Waals surface area contributed by atoms with Crippen molar-refractivity contribution >= 4 is 11.9 Å². The normalized spacial score (nSPS) is 37.9. The van der Waals surface area contributed by atoms with Crippen molar-refractivity contribution in [3.8, 4) is 0 Å². The Kier molecular flexibility index (Phi) is 4.53. The minimum absolute atomic E-state index is 0.0287. The molecular weight excluding hydrogens is 380 g/mol. The van der Waals surface area contributed by atoms with E-state index in [-0.39, 0.29) is 11.9 Å². The highest BCUT2D eigenvalue weighted by molar-refractivity contribution is 5.95. The number of carbonyl (C=O) groups excluding carboxylic acids is 1. The summed E-state index contributed by atoms with van der Waals surface area (Å²) in [5.41, 5.74) is 1.07. The van der Waals surface area contributed by atoms with Crippen LogP contribution in [0.15, 0.2) is 6.20 Å². The van der Waals surface area contributed by atoms with E-state index < -0.39 is 5.60 Å². The smallest absolute Gasteiger partial charge is 0.254 e. The molecule has 5 aliphatic carbocycles. The topological polar surface area (TPSA) is 96.4 Å². The lowest BCUT2D eigenvalue weighted by Gasteiger charge is -2.58. The molecule has 2 unspecified atom stereocenters. The number of aromatic nitrogens is 2. The van der Waals surface area contributed by atoms with E-state index in [0.29, 0.717) is 41.2 Å². The van der Waals surface area contributed by atoms with Crippen LogP contribution in [0.2, 0.25) is 0 Å². The van der Waals surface area contributed by atoms with Crippen LogP contribution < -0.4 is 10.6 Å². The van der Waals surface area contributed by atoms with Gasteiger partial charge in [-0.1, -0.05) is 0 Å². The van der Waals surface area contributed by atoms with E-state index in [0.717, 1.165) is 76.7 Å². The zero-order valence-electron chi connectivity index (χ0n) is 17.5. The van der Waals surface area contributed by atoms with Crippen LogP contribution in [0.25, 0.3) is 0 Å². The summed E-state index contributed by atoms with van der Waals surface area (Å²) in [7, 11) is 0. The molecule has 0 aromatic carbocycles. The molecular formula is C23H32N4O3. The average Bonchev–Trinajstić information content (AvgIpc) is 3.55. The molecule has 1 aromatic heterocycles. The molecule has 30 heavy (non-hydrogen) atoms. The van der Waals surface area contributed by atoms with Crippen molar-refractivity contribution in [3.63, 3.8) is 0 Å². The number of hydrogen-bond donors (Lipinski definition) is 3. The van der Waals surface area contributed by atoms with Crippen LogP contribution in [-0.4, -0.2) is 51.9 Å². The Hall–Kier alpha value is -1.73. The first-order chi connectivity index (χ1) is 14.6. The van der Waals surface area contributed by atoms with Crippen molar-refractivity contribution in [3.05, 3.63) is 17.5 Å². The maximum Gasteiger partial charge on any atom is 0.254 e. The molecule has 6 aliphatic rings. The van der Waals surface area contributed by atoms with Crippen LogP contribution >= 0.6 is 0 Å². The molecule has 6 fully saturated rings. The zero-order valence-corrected chi connectivity index (χ0v) is 17.5. The van der Waals surface area contributed by atoms with Gasteiger partial charge in [-0.25, -0.2) is 9.97 Å². The molecule has 0 radical (unpaired) electrons. The molecule has 5 saturated carbocycles. The molecule has 0 spiro atoms. The second-order valence-corrected chi connectivity index (χ2v) is 10.5. The molecule has 2 atom stereocenters. The molecule has 2 heterocycles. The quantitative estimate of drug-likeness (QED) is 0.688. The minimum atomic E-state index is -0.475. The van der Waals surface area contributed by atoms with E-state index >= 15 is 0 Å². The molecule has 4 bridgehead atoms. The molecule has 1 amide bonds. The zero-order chi connectivity index (χ0) is 20.3. The van der Waals surface area contributed by atoms with Gasteiger partial charge in [-0.2, -0.15) is 0 Å². The maximum absolute atomic E-state index is 13.3. The molecule has 7 nitrogen and oxygen atoms in total. The number of carbonyl (C=O) groups is 1. The van der Waals surface area contributed by atoms with E-state index in [9.17, 15) is 9.90 Å². The van der Waals surface area contributed by atoms with Gasteiger partial charge in [-0.15, -0.1) is 0 Å². The Bertz CT molecular complexity index is 820. The third kappa shape index (κ3) is 3.50. The van der Waals surface area contributed by atoms with E-state index in [4.69, 9.17) is 9.72 Å². The fourth-order valence-corrected chi connectivity index (χ4v) is 6.78. The van der Waals surface area contributed by atoms with Gasteiger partial charge < -0.3 is 20.5 Å². The summed E-state index contributed by atoms with van der Waals surface area (Å²) in [6, 6.07) is 0.519. The molecule has 7 heteroatoms. The van der Waals surface area contributed by atoms with Gasteiger partial charge in [-0.05, 0) is 75.5 Å². The van der Waals surface area contributed by atoms with Crippen LogP contribution in [-0.2, 0) is 4.74 Å². The Labute approximate surface area is 177 Å². The van der Waals surface area contributed by atoms with E-state index in [1.165, 1.54) is 0 Å². The Balaban J connectivity index is 1.19. The Morgan fingerprint density at radius 1 is 1.10 bits per heavy atom. The predicted molar refractivity (Wildman–Crippen MR) is 111 cm³/mol. The molecule has 162 valence electrons. The first kappa shape index (κ1) is 19.0. The van der Waals surface area contributed by atoms with Crippen molar-refractivity contribution in [2.75, 3.05) is 18.5 Å². The summed E-state index contributed by atoms with van der Waals surface area (Å²) < 4.78 is 5.43. The summed E-state index contributed by atoms with van der Waals surface area (Å²) in [6.07, 6.45) is 10.8. The van der Waals surface area contributed by atoms with Gasteiger partial charge in [0.15, 0.2) is 0 Å². The Morgan fingerprint density at radius 3 is 2.50 bits per heavy atom. The van der Waals surface area contributed by atoms with E-state index in [2.05, 4.69) is 15.6 Å². The highest BCUT2D eigenvalue weighted by atomic mass is 16.5. The molecule has 1 aromatic rings. The van der Waals surface area contributed by atoms with Gasteiger partial charge in [0.25, 0.3) is 5.91 Å². The number of nitrogens with one attached hydrogen (secondary N) is 2. The van der Waals surface area contributed by atoms with Gasteiger partial charge >= 0.3 is 0 Å². The van der Waals surface area contributed by atoms with Crippen LogP contribution in [0.4, 0.5) is 5.95 Å². The van der Waals surface area contributed by atoms with Gasteiger partial charge in [0, 0.05) is 37.4 Å². The summed E-state index contributed by atoms with van der Waals surface area (Å²) in [4.78, 5) is 22.6. The molecule has 7 rings (SSSR count). The SMILES string of the molecule is O=C(N[C@H]1C2CC3CC1C[C@@](O)(C3)C2)c1cnc(NC2CCOCC2)nc1C1CC1. The van der Waals surface area contributed by atoms with Crippen molar-refractivity contribution in [2.45, 2.75) is 81.4 Å². The number of rotatable bonds is 5. The van der Waals surface area contributed by atoms with Gasteiger partial charge in [-0.3, -0.25) is 4.79 Å². The number of anilines is 1. The number of hydrogen-bond acceptors (Lipinski definition) is 6. The number of aliphatic hydroxyl groups is 1. The van der Waals surface area contributed by atoms with Gasteiger partial charge in [0.2, 0.25) is 5.95 Å². The first-order valence-electron chi connectivity index (χ1n) is 11.8. The van der Waals surface area contributed by atoms with Crippen molar-refractivity contribution < 1.29 is 14.6 Å². The second kappa shape index (κ2) is 7.16. The third-order valence-electron chi connectivity index (χ3n) is 8.12. The highest BCUT2D eigenvalue weighted by Gasteiger charge is 2.55. The lowest BCUT2D eigenvalue weighted by atomic mass is 9.52. The van der Waals surface area contributed by atoms with Crippen molar-refractivity contribution in [2.24, 2.45) is 17.8 Å². The summed E-state index contributed by atoms with van der Waals surface area (Å²) in [6.45, 7) is 1.54. The van der Waals surface area contributed by atoms with Crippen LogP contribution in [0.5, 0.6) is 0 Å². The fourth-order valence-electron chi connectivity index (χ4n) is 6.78. The third-order valence-corrected chi connectivity index (χ3v) is 8.12. The molecule has 3 N–H and O–H groups in total. The van der Waals surface area contributed by atoms with Crippen LogP contribution in [0, 0.1) is 17.8 Å². The van der Waals surface area contributed by atoms with Crippen molar-refractivity contribution in [1.29, 1.82) is 0 Å². The number of amides is 1. The van der Waals surface area contributed by atoms with Crippen molar-refractivity contribution in [1.82, 2.24) is 15.3 Å². The average molecular weight is 413 g/mol. The van der Waals surface area contributed by atoms with E-state index in [1.54, 1.807) is 6.20 Å². The standard InChI is InChI=1S/C23H32N4O3/c28-21(26-19-15-7-13-8-16(19)11-23(29,9-13)10-15)18-12-24-22(27-20(18)14-1-2-14)25-17-3-5-30-6-4-17/h12-17,19,29H,1-11H2,(H,26,28)(H,24,25,27)/t13?,15?,16?,19-,23+. The van der Waals surface area contributed by atoms with E-state index in [1.807, 2.05) is 0 Å². The lowest BCUT2D eigenvalue weighted by Crippen LogP contribution is -2.61. The second-order valence-electron chi connectivity index (χ2n) is 10.5. The summed E-state index contributed by atoms with van der Waals surface area (Å²) in [5, 5.41) is 17.6.